The van der Waals surface area contributed by atoms with Gasteiger partial charge in [-0.2, -0.15) is 0 Å². The Hall–Kier alpha value is -1.91. The second-order valence-corrected chi connectivity index (χ2v) is 6.11. The van der Waals surface area contributed by atoms with Gasteiger partial charge < -0.3 is 15.4 Å². The molecule has 0 aliphatic carbocycles. The Balaban J connectivity index is 1.68. The first-order chi connectivity index (χ1) is 11.6. The maximum atomic E-state index is 11.8. The Kier molecular flexibility index (Phi) is 7.22. The lowest BCUT2D eigenvalue weighted by atomic mass is 10.1. The largest absolute Gasteiger partial charge is 0.497 e. The molecule has 2 rings (SSSR count). The van der Waals surface area contributed by atoms with E-state index in [2.05, 4.69) is 10.6 Å². The van der Waals surface area contributed by atoms with Crippen molar-refractivity contribution >= 4 is 29.2 Å². The summed E-state index contributed by atoms with van der Waals surface area (Å²) in [5, 5.41) is 6.87. The van der Waals surface area contributed by atoms with Crippen molar-refractivity contribution in [3.63, 3.8) is 0 Å². The van der Waals surface area contributed by atoms with Crippen LogP contribution in [0.5, 0.6) is 5.75 Å². The van der Waals surface area contributed by atoms with Gasteiger partial charge in [0.1, 0.15) is 5.75 Å². The molecule has 6 heteroatoms. The number of hydrogen-bond acceptors (Lipinski definition) is 2. The van der Waals surface area contributed by atoms with Gasteiger partial charge in [-0.25, -0.2) is 4.79 Å². The number of nitrogens with one attached hydrogen (secondary N) is 2. The van der Waals surface area contributed by atoms with Gasteiger partial charge in [0.25, 0.3) is 0 Å². The summed E-state index contributed by atoms with van der Waals surface area (Å²) in [4.78, 5) is 11.8. The van der Waals surface area contributed by atoms with Crippen molar-refractivity contribution in [3.05, 3.63) is 63.6 Å². The zero-order valence-electron chi connectivity index (χ0n) is 13.4. The smallest absolute Gasteiger partial charge is 0.314 e. The maximum absolute atomic E-state index is 11.8. The van der Waals surface area contributed by atoms with Gasteiger partial charge in [-0.1, -0.05) is 41.4 Å². The Morgan fingerprint density at radius 3 is 2.50 bits per heavy atom. The van der Waals surface area contributed by atoms with Gasteiger partial charge in [-0.05, 0) is 48.2 Å². The summed E-state index contributed by atoms with van der Waals surface area (Å²) in [6.45, 7) is 1.06. The highest BCUT2D eigenvalue weighted by molar-refractivity contribution is 6.35. The van der Waals surface area contributed by atoms with Crippen molar-refractivity contribution < 1.29 is 9.53 Å². The third-order valence-corrected chi connectivity index (χ3v) is 4.12. The zero-order chi connectivity index (χ0) is 17.4. The van der Waals surface area contributed by atoms with Crippen LogP contribution in [-0.2, 0) is 12.8 Å². The minimum absolute atomic E-state index is 0.192. The van der Waals surface area contributed by atoms with Crippen LogP contribution < -0.4 is 15.4 Å². The Morgan fingerprint density at radius 1 is 1.04 bits per heavy atom. The van der Waals surface area contributed by atoms with Crippen LogP contribution in [0, 0.1) is 0 Å². The normalized spacial score (nSPS) is 10.3. The number of benzene rings is 2. The third-order valence-electron chi connectivity index (χ3n) is 3.53. The molecule has 24 heavy (non-hydrogen) atoms. The summed E-state index contributed by atoms with van der Waals surface area (Å²) in [7, 11) is 1.64. The molecule has 0 spiro atoms. The van der Waals surface area contributed by atoms with Gasteiger partial charge in [-0.3, -0.25) is 0 Å². The summed E-state index contributed by atoms with van der Waals surface area (Å²) >= 11 is 12.0. The highest BCUT2D eigenvalue weighted by Crippen LogP contribution is 2.21. The molecule has 0 fully saturated rings. The summed E-state index contributed by atoms with van der Waals surface area (Å²) in [5.41, 5.74) is 2.07. The first kappa shape index (κ1) is 18.4. The molecule has 0 aromatic heterocycles. The number of methoxy groups -OCH3 is 1. The van der Waals surface area contributed by atoms with Crippen LogP contribution in [-0.4, -0.2) is 26.2 Å². The monoisotopic (exact) mass is 366 g/mol. The van der Waals surface area contributed by atoms with Gasteiger partial charge in [0.05, 0.1) is 7.11 Å². The fourth-order valence-electron chi connectivity index (χ4n) is 2.25. The predicted molar refractivity (Wildman–Crippen MR) is 98.3 cm³/mol. The van der Waals surface area contributed by atoms with E-state index in [1.807, 2.05) is 30.3 Å². The number of carbonyl (C=O) groups is 1. The third kappa shape index (κ3) is 5.95. The molecule has 0 bridgehead atoms. The molecule has 0 saturated heterocycles. The lowest BCUT2D eigenvalue weighted by Gasteiger charge is -2.09. The number of hydrogen-bond donors (Lipinski definition) is 2. The molecule has 4 nitrogen and oxygen atoms in total. The highest BCUT2D eigenvalue weighted by Gasteiger charge is 2.04. The molecule has 0 heterocycles. The van der Waals surface area contributed by atoms with Crippen LogP contribution in [0.4, 0.5) is 4.79 Å². The molecule has 2 N–H and O–H groups in total. The number of carbonyl (C=O) groups excluding carboxylic acids is 1. The average molecular weight is 367 g/mol. The first-order valence-corrected chi connectivity index (χ1v) is 8.42. The second-order valence-electron chi connectivity index (χ2n) is 5.27. The van der Waals surface area contributed by atoms with Crippen molar-refractivity contribution in [1.29, 1.82) is 0 Å². The molecule has 2 aromatic rings. The van der Waals surface area contributed by atoms with Crippen LogP contribution in [0.25, 0.3) is 0 Å². The van der Waals surface area contributed by atoms with Gasteiger partial charge in [-0.15, -0.1) is 0 Å². The van der Waals surface area contributed by atoms with E-state index < -0.39 is 0 Å². The van der Waals surface area contributed by atoms with Gasteiger partial charge in [0, 0.05) is 23.1 Å². The van der Waals surface area contributed by atoms with Gasteiger partial charge in [0.15, 0.2) is 0 Å². The van der Waals surface area contributed by atoms with E-state index in [1.54, 1.807) is 19.2 Å². The minimum atomic E-state index is -0.192. The van der Waals surface area contributed by atoms with E-state index in [0.29, 0.717) is 29.6 Å². The molecule has 0 unspecified atom stereocenters. The topological polar surface area (TPSA) is 50.4 Å². The maximum Gasteiger partial charge on any atom is 0.314 e. The summed E-state index contributed by atoms with van der Waals surface area (Å²) in [5.74, 6) is 0.816. The standard InChI is InChI=1S/C18H20Cl2N2O2/c1-24-16-4-2-3-13(11-16)7-9-21-18(23)22-10-8-14-5-6-15(19)12-17(14)20/h2-6,11-12H,7-10H2,1H3,(H2,21,22,23). The fraction of sp³-hybridized carbons (Fsp3) is 0.278. The SMILES string of the molecule is COc1cccc(CCNC(=O)NCCc2ccc(Cl)cc2Cl)c1. The average Bonchev–Trinajstić information content (AvgIpc) is 2.57. The van der Waals surface area contributed by atoms with Crippen LogP contribution in [0.15, 0.2) is 42.5 Å². The first-order valence-electron chi connectivity index (χ1n) is 7.67. The molecular formula is C18H20Cl2N2O2. The van der Waals surface area contributed by atoms with Crippen molar-refractivity contribution in [2.45, 2.75) is 12.8 Å². The summed E-state index contributed by atoms with van der Waals surface area (Å²) in [6, 6.07) is 13.0. The number of ether oxygens (including phenoxy) is 1. The summed E-state index contributed by atoms with van der Waals surface area (Å²) in [6.07, 6.45) is 1.40. The van der Waals surface area contributed by atoms with E-state index in [9.17, 15) is 4.79 Å². The molecule has 0 saturated carbocycles. The van der Waals surface area contributed by atoms with E-state index in [4.69, 9.17) is 27.9 Å². The summed E-state index contributed by atoms with van der Waals surface area (Å²) < 4.78 is 5.18. The fourth-order valence-corrected chi connectivity index (χ4v) is 2.75. The lowest BCUT2D eigenvalue weighted by Crippen LogP contribution is -2.37. The zero-order valence-corrected chi connectivity index (χ0v) is 15.0. The molecule has 0 aliphatic heterocycles. The number of amides is 2. The Labute approximate surface area is 152 Å². The molecule has 0 atom stereocenters. The van der Waals surface area contributed by atoms with Gasteiger partial charge in [0.2, 0.25) is 0 Å². The van der Waals surface area contributed by atoms with Gasteiger partial charge >= 0.3 is 6.03 Å². The minimum Gasteiger partial charge on any atom is -0.497 e. The second kappa shape index (κ2) is 9.40. The molecular weight excluding hydrogens is 347 g/mol. The number of urea groups is 1. The van der Waals surface area contributed by atoms with E-state index in [0.717, 1.165) is 23.3 Å². The molecule has 2 amide bonds. The van der Waals surface area contributed by atoms with E-state index >= 15 is 0 Å². The van der Waals surface area contributed by atoms with Crippen molar-refractivity contribution in [2.24, 2.45) is 0 Å². The van der Waals surface area contributed by atoms with Crippen molar-refractivity contribution in [1.82, 2.24) is 10.6 Å². The predicted octanol–water partition coefficient (Wildman–Crippen LogP) is 4.09. The number of halogens is 2. The van der Waals surface area contributed by atoms with Crippen LogP contribution in [0.3, 0.4) is 0 Å². The van der Waals surface area contributed by atoms with Crippen LogP contribution in [0.2, 0.25) is 10.0 Å². The van der Waals surface area contributed by atoms with Crippen molar-refractivity contribution in [3.8, 4) is 5.75 Å². The Bertz CT molecular complexity index is 692. The van der Waals surface area contributed by atoms with E-state index in [1.165, 1.54) is 0 Å². The van der Waals surface area contributed by atoms with Crippen molar-refractivity contribution in [2.75, 3.05) is 20.2 Å². The quantitative estimate of drug-likeness (QED) is 0.775. The van der Waals surface area contributed by atoms with Crippen LogP contribution >= 0.6 is 23.2 Å². The van der Waals surface area contributed by atoms with E-state index in [-0.39, 0.29) is 6.03 Å². The molecule has 2 aromatic carbocycles. The number of rotatable bonds is 7. The Morgan fingerprint density at radius 2 is 1.79 bits per heavy atom. The molecule has 0 aliphatic rings. The highest BCUT2D eigenvalue weighted by atomic mass is 35.5. The van der Waals surface area contributed by atoms with Crippen LogP contribution in [0.1, 0.15) is 11.1 Å². The lowest BCUT2D eigenvalue weighted by molar-refractivity contribution is 0.241. The molecule has 0 radical (unpaired) electrons. The molecule has 128 valence electrons.